The van der Waals surface area contributed by atoms with Crippen molar-refractivity contribution in [3.63, 3.8) is 0 Å². The lowest BCUT2D eigenvalue weighted by Gasteiger charge is -2.26. The fourth-order valence-corrected chi connectivity index (χ4v) is 2.13. The highest BCUT2D eigenvalue weighted by atomic mass is 16.5. The van der Waals surface area contributed by atoms with Gasteiger partial charge < -0.3 is 20.1 Å². The predicted octanol–water partition coefficient (Wildman–Crippen LogP) is 1.10. The maximum atomic E-state index is 12.1. The van der Waals surface area contributed by atoms with Gasteiger partial charge in [-0.3, -0.25) is 14.4 Å². The molecule has 1 unspecified atom stereocenters. The van der Waals surface area contributed by atoms with Crippen molar-refractivity contribution >= 4 is 23.5 Å². The van der Waals surface area contributed by atoms with Gasteiger partial charge in [0.15, 0.2) is 6.10 Å². The first-order chi connectivity index (χ1) is 10.5. The number of fused-ring (bicyclic) bond motifs is 1. The first-order valence-electron chi connectivity index (χ1n) is 6.99. The average molecular weight is 306 g/mol. The number of hydrogen-bond acceptors (Lipinski definition) is 4. The first kappa shape index (κ1) is 15.8. The van der Waals surface area contributed by atoms with E-state index in [1.165, 1.54) is 4.90 Å². The lowest BCUT2D eigenvalue weighted by molar-refractivity contribution is -0.138. The molecule has 0 saturated carbocycles. The van der Waals surface area contributed by atoms with Crippen LogP contribution in [0.3, 0.4) is 0 Å². The zero-order valence-electron chi connectivity index (χ0n) is 12.2. The van der Waals surface area contributed by atoms with Crippen LogP contribution in [0.25, 0.3) is 0 Å². The molecule has 1 atom stereocenters. The molecule has 22 heavy (non-hydrogen) atoms. The van der Waals surface area contributed by atoms with E-state index < -0.39 is 12.1 Å². The predicted molar refractivity (Wildman–Crippen MR) is 78.6 cm³/mol. The minimum atomic E-state index is -0.896. The number of carboxylic acid groups (broad SMARTS) is 1. The van der Waals surface area contributed by atoms with Crippen LogP contribution >= 0.6 is 0 Å². The average Bonchev–Trinajstić information content (AvgIpc) is 2.47. The summed E-state index contributed by atoms with van der Waals surface area (Å²) in [5.41, 5.74) is 0.589. The van der Waals surface area contributed by atoms with Crippen LogP contribution in [0.15, 0.2) is 24.3 Å². The van der Waals surface area contributed by atoms with Gasteiger partial charge in [-0.05, 0) is 18.6 Å². The summed E-state index contributed by atoms with van der Waals surface area (Å²) in [6.45, 7) is 0.329. The summed E-state index contributed by atoms with van der Waals surface area (Å²) in [5, 5.41) is 11.3. The standard InChI is InChI=1S/C15H18N2O5/c1-17(8-4-7-14(19)20)13(18)9-12-15(21)16-10-5-2-3-6-11(10)22-12/h2-3,5-6,12H,4,7-9H2,1H3,(H,16,21)(H,19,20). The van der Waals surface area contributed by atoms with E-state index in [-0.39, 0.29) is 24.7 Å². The minimum Gasteiger partial charge on any atom is -0.481 e. The molecule has 1 aliphatic heterocycles. The molecule has 0 fully saturated rings. The van der Waals surface area contributed by atoms with Gasteiger partial charge in [0.1, 0.15) is 5.75 Å². The summed E-state index contributed by atoms with van der Waals surface area (Å²) >= 11 is 0. The Morgan fingerprint density at radius 3 is 2.82 bits per heavy atom. The number of aliphatic carboxylic acids is 1. The molecule has 1 aliphatic rings. The Balaban J connectivity index is 1.89. The molecular formula is C15H18N2O5. The van der Waals surface area contributed by atoms with Crippen molar-refractivity contribution in [1.82, 2.24) is 4.90 Å². The van der Waals surface area contributed by atoms with E-state index in [9.17, 15) is 14.4 Å². The van der Waals surface area contributed by atoms with Crippen LogP contribution in [0, 0.1) is 0 Å². The lowest BCUT2D eigenvalue weighted by atomic mass is 10.1. The zero-order chi connectivity index (χ0) is 16.1. The van der Waals surface area contributed by atoms with E-state index in [0.717, 1.165) is 0 Å². The van der Waals surface area contributed by atoms with Crippen molar-refractivity contribution in [3.05, 3.63) is 24.3 Å². The molecule has 1 heterocycles. The van der Waals surface area contributed by atoms with E-state index in [1.807, 2.05) is 0 Å². The molecule has 0 spiro atoms. The highest BCUT2D eigenvalue weighted by Crippen LogP contribution is 2.29. The molecule has 7 nitrogen and oxygen atoms in total. The second kappa shape index (κ2) is 6.93. The van der Waals surface area contributed by atoms with E-state index in [0.29, 0.717) is 24.4 Å². The number of carboxylic acids is 1. The molecule has 1 aromatic rings. The second-order valence-electron chi connectivity index (χ2n) is 5.11. The molecule has 2 amide bonds. The molecule has 2 rings (SSSR count). The van der Waals surface area contributed by atoms with Gasteiger partial charge in [-0.15, -0.1) is 0 Å². The molecule has 0 bridgehead atoms. The number of para-hydroxylation sites is 2. The van der Waals surface area contributed by atoms with E-state index in [4.69, 9.17) is 9.84 Å². The number of nitrogens with one attached hydrogen (secondary N) is 1. The van der Waals surface area contributed by atoms with Gasteiger partial charge in [-0.25, -0.2) is 0 Å². The zero-order valence-corrected chi connectivity index (χ0v) is 12.2. The SMILES string of the molecule is CN(CCCC(=O)O)C(=O)CC1Oc2ccccc2NC1=O. The van der Waals surface area contributed by atoms with Gasteiger partial charge in [0.2, 0.25) is 5.91 Å². The molecule has 0 aliphatic carbocycles. The molecular weight excluding hydrogens is 288 g/mol. The van der Waals surface area contributed by atoms with Crippen LogP contribution in [0.2, 0.25) is 0 Å². The van der Waals surface area contributed by atoms with Crippen LogP contribution in [0.4, 0.5) is 5.69 Å². The number of nitrogens with zero attached hydrogens (tertiary/aromatic N) is 1. The van der Waals surface area contributed by atoms with Crippen LogP contribution < -0.4 is 10.1 Å². The largest absolute Gasteiger partial charge is 0.481 e. The van der Waals surface area contributed by atoms with Crippen LogP contribution in [-0.4, -0.2) is 47.5 Å². The van der Waals surface area contributed by atoms with E-state index >= 15 is 0 Å². The van der Waals surface area contributed by atoms with Gasteiger partial charge in [0, 0.05) is 20.0 Å². The molecule has 0 radical (unpaired) electrons. The summed E-state index contributed by atoms with van der Waals surface area (Å²) in [7, 11) is 1.58. The maximum absolute atomic E-state index is 12.1. The third-order valence-electron chi connectivity index (χ3n) is 3.38. The fourth-order valence-electron chi connectivity index (χ4n) is 2.13. The van der Waals surface area contributed by atoms with Crippen molar-refractivity contribution in [3.8, 4) is 5.75 Å². The van der Waals surface area contributed by atoms with Crippen LogP contribution in [0.1, 0.15) is 19.3 Å². The second-order valence-corrected chi connectivity index (χ2v) is 5.11. The topological polar surface area (TPSA) is 95.9 Å². The molecule has 0 saturated heterocycles. The monoisotopic (exact) mass is 306 g/mol. The Labute approximate surface area is 127 Å². The van der Waals surface area contributed by atoms with Crippen molar-refractivity contribution in [2.24, 2.45) is 0 Å². The molecule has 1 aromatic carbocycles. The molecule has 118 valence electrons. The Bertz CT molecular complexity index is 587. The number of hydrogen-bond donors (Lipinski definition) is 2. The normalized spacial score (nSPS) is 16.2. The Morgan fingerprint density at radius 1 is 1.36 bits per heavy atom. The van der Waals surface area contributed by atoms with Crippen molar-refractivity contribution in [2.75, 3.05) is 18.9 Å². The maximum Gasteiger partial charge on any atom is 0.303 e. The van der Waals surface area contributed by atoms with Crippen LogP contribution in [-0.2, 0) is 14.4 Å². The highest BCUT2D eigenvalue weighted by Gasteiger charge is 2.30. The lowest BCUT2D eigenvalue weighted by Crippen LogP contribution is -2.41. The van der Waals surface area contributed by atoms with Gasteiger partial charge in [0.25, 0.3) is 5.91 Å². The molecule has 0 aromatic heterocycles. The first-order valence-corrected chi connectivity index (χ1v) is 6.99. The summed E-state index contributed by atoms with van der Waals surface area (Å²) in [4.78, 5) is 35.9. The highest BCUT2D eigenvalue weighted by molar-refractivity contribution is 5.99. The van der Waals surface area contributed by atoms with Gasteiger partial charge in [0.05, 0.1) is 12.1 Å². The fraction of sp³-hybridized carbons (Fsp3) is 0.400. The minimum absolute atomic E-state index is 0.00537. The van der Waals surface area contributed by atoms with Gasteiger partial charge >= 0.3 is 5.97 Å². The number of carbonyl (C=O) groups excluding carboxylic acids is 2. The Kier molecular flexibility index (Phi) is 4.98. The Morgan fingerprint density at radius 2 is 2.09 bits per heavy atom. The van der Waals surface area contributed by atoms with Gasteiger partial charge in [-0.2, -0.15) is 0 Å². The van der Waals surface area contributed by atoms with Crippen LogP contribution in [0.5, 0.6) is 5.75 Å². The number of amides is 2. The van der Waals surface area contributed by atoms with Crippen molar-refractivity contribution < 1.29 is 24.2 Å². The third kappa shape index (κ3) is 3.97. The number of ether oxygens (including phenoxy) is 1. The summed E-state index contributed by atoms with van der Waals surface area (Å²) < 4.78 is 5.55. The summed E-state index contributed by atoms with van der Waals surface area (Å²) in [6.07, 6.45) is -0.572. The molecule has 2 N–H and O–H groups in total. The summed E-state index contributed by atoms with van der Waals surface area (Å²) in [6, 6.07) is 7.02. The number of carbonyl (C=O) groups is 3. The summed E-state index contributed by atoms with van der Waals surface area (Å²) in [5.74, 6) is -0.975. The smallest absolute Gasteiger partial charge is 0.303 e. The van der Waals surface area contributed by atoms with Crippen molar-refractivity contribution in [2.45, 2.75) is 25.4 Å². The van der Waals surface area contributed by atoms with E-state index in [1.54, 1.807) is 31.3 Å². The quantitative estimate of drug-likeness (QED) is 0.820. The third-order valence-corrected chi connectivity index (χ3v) is 3.38. The number of rotatable bonds is 6. The molecule has 7 heteroatoms. The van der Waals surface area contributed by atoms with E-state index in [2.05, 4.69) is 5.32 Å². The number of anilines is 1. The van der Waals surface area contributed by atoms with Gasteiger partial charge in [-0.1, -0.05) is 12.1 Å². The Hall–Kier alpha value is -2.57. The van der Waals surface area contributed by atoms with Crippen molar-refractivity contribution in [1.29, 1.82) is 0 Å². The number of benzene rings is 1.